The van der Waals surface area contributed by atoms with Gasteiger partial charge < -0.3 is 10.2 Å². The number of piperidine rings is 1. The Hall–Kier alpha value is -1.93. The molecule has 27 heavy (non-hydrogen) atoms. The van der Waals surface area contributed by atoms with Crippen LogP contribution < -0.4 is 5.32 Å². The summed E-state index contributed by atoms with van der Waals surface area (Å²) < 4.78 is 1.90. The van der Waals surface area contributed by atoms with Gasteiger partial charge in [0.1, 0.15) is 5.82 Å². The fraction of sp³-hybridized carbons (Fsp3) is 0.737. The summed E-state index contributed by atoms with van der Waals surface area (Å²) in [5, 5.41) is 9.26. The first kappa shape index (κ1) is 19.8. The van der Waals surface area contributed by atoms with E-state index in [9.17, 15) is 9.59 Å². The number of likely N-dealkylation sites (tertiary alicyclic amines) is 1. The Morgan fingerprint density at radius 3 is 2.74 bits per heavy atom. The molecule has 2 aliphatic rings. The lowest BCUT2D eigenvalue weighted by molar-refractivity contribution is -0.139. The van der Waals surface area contributed by atoms with E-state index >= 15 is 0 Å². The molecular weight excluding hydrogens is 346 g/mol. The van der Waals surface area contributed by atoms with E-state index in [0.717, 1.165) is 51.3 Å². The van der Waals surface area contributed by atoms with E-state index in [1.807, 2.05) is 34.6 Å². The van der Waals surface area contributed by atoms with E-state index < -0.39 is 0 Å². The van der Waals surface area contributed by atoms with Gasteiger partial charge in [0.2, 0.25) is 11.8 Å². The first-order valence-electron chi connectivity index (χ1n) is 10.0. The quantitative estimate of drug-likeness (QED) is 0.787. The molecule has 2 saturated heterocycles. The monoisotopic (exact) mass is 377 g/mol. The van der Waals surface area contributed by atoms with Gasteiger partial charge in [0, 0.05) is 45.1 Å². The van der Waals surface area contributed by atoms with E-state index in [1.165, 1.54) is 0 Å². The second kappa shape index (κ2) is 9.32. The van der Waals surface area contributed by atoms with Gasteiger partial charge >= 0.3 is 0 Å². The van der Waals surface area contributed by atoms with Crippen molar-refractivity contribution < 1.29 is 14.4 Å². The van der Waals surface area contributed by atoms with Crippen LogP contribution in [0, 0.1) is 5.92 Å². The van der Waals surface area contributed by atoms with Crippen LogP contribution >= 0.6 is 0 Å². The number of nitrogens with zero attached hydrogens (tertiary/aromatic N) is 4. The molecule has 2 amide bonds. The Morgan fingerprint density at radius 2 is 2.07 bits per heavy atom. The highest BCUT2D eigenvalue weighted by atomic mass is 16.7. The van der Waals surface area contributed by atoms with Crippen molar-refractivity contribution in [2.24, 2.45) is 5.92 Å². The van der Waals surface area contributed by atoms with Crippen LogP contribution in [0.25, 0.3) is 0 Å². The minimum atomic E-state index is 0.0171. The number of carbonyl (C=O) groups excluding carboxylic acids is 2. The maximum absolute atomic E-state index is 12.4. The Morgan fingerprint density at radius 1 is 1.30 bits per heavy atom. The van der Waals surface area contributed by atoms with Gasteiger partial charge in [-0.1, -0.05) is 13.8 Å². The normalized spacial score (nSPS) is 19.0. The van der Waals surface area contributed by atoms with Crippen LogP contribution in [-0.2, 0) is 14.4 Å². The van der Waals surface area contributed by atoms with Gasteiger partial charge in [-0.25, -0.2) is 4.68 Å². The molecule has 150 valence electrons. The van der Waals surface area contributed by atoms with Crippen LogP contribution in [0.5, 0.6) is 0 Å². The van der Waals surface area contributed by atoms with Crippen molar-refractivity contribution in [3.05, 3.63) is 12.3 Å². The van der Waals surface area contributed by atoms with Gasteiger partial charge in [-0.3, -0.25) is 14.4 Å². The smallest absolute Gasteiger partial charge is 0.225 e. The predicted molar refractivity (Wildman–Crippen MR) is 102 cm³/mol. The van der Waals surface area contributed by atoms with Gasteiger partial charge in [-0.15, -0.1) is 0 Å². The third kappa shape index (κ3) is 5.52. The minimum Gasteiger partial charge on any atom is -0.342 e. The largest absolute Gasteiger partial charge is 0.342 e. The molecule has 0 spiro atoms. The molecule has 3 rings (SSSR count). The summed E-state index contributed by atoms with van der Waals surface area (Å²) in [7, 11) is 0. The zero-order chi connectivity index (χ0) is 19.2. The average Bonchev–Trinajstić information content (AvgIpc) is 3.31. The summed E-state index contributed by atoms with van der Waals surface area (Å²) in [4.78, 5) is 31.9. The lowest BCUT2D eigenvalue weighted by Gasteiger charge is -2.33. The number of aromatic nitrogens is 2. The van der Waals surface area contributed by atoms with Crippen LogP contribution in [0.3, 0.4) is 0 Å². The minimum absolute atomic E-state index is 0.0171. The first-order valence-corrected chi connectivity index (χ1v) is 10.0. The van der Waals surface area contributed by atoms with Gasteiger partial charge in [-0.2, -0.15) is 10.2 Å². The van der Waals surface area contributed by atoms with Crippen molar-refractivity contribution in [3.63, 3.8) is 0 Å². The third-order valence-electron chi connectivity index (χ3n) is 5.10. The number of rotatable bonds is 7. The SMILES string of the molecule is CC(C)CC(=O)Nc1ccnn1C1CCN(C(=O)CCN2CCCO2)CC1. The highest BCUT2D eigenvalue weighted by Gasteiger charge is 2.26. The zero-order valence-corrected chi connectivity index (χ0v) is 16.4. The fourth-order valence-corrected chi connectivity index (χ4v) is 3.68. The van der Waals surface area contributed by atoms with Crippen molar-refractivity contribution in [1.29, 1.82) is 0 Å². The number of anilines is 1. The van der Waals surface area contributed by atoms with Crippen molar-refractivity contribution in [2.75, 3.05) is 38.1 Å². The molecule has 0 atom stereocenters. The summed E-state index contributed by atoms with van der Waals surface area (Å²) in [5.74, 6) is 1.27. The number of amides is 2. The van der Waals surface area contributed by atoms with Crippen LogP contribution in [0.2, 0.25) is 0 Å². The van der Waals surface area contributed by atoms with Crippen molar-refractivity contribution in [3.8, 4) is 0 Å². The van der Waals surface area contributed by atoms with Crippen molar-refractivity contribution in [1.82, 2.24) is 19.7 Å². The topological polar surface area (TPSA) is 79.7 Å². The lowest BCUT2D eigenvalue weighted by Crippen LogP contribution is -2.40. The molecule has 1 N–H and O–H groups in total. The maximum Gasteiger partial charge on any atom is 0.225 e. The molecule has 1 aromatic heterocycles. The summed E-state index contributed by atoms with van der Waals surface area (Å²) >= 11 is 0. The van der Waals surface area contributed by atoms with Crippen LogP contribution in [0.4, 0.5) is 5.82 Å². The lowest BCUT2D eigenvalue weighted by atomic mass is 10.0. The molecule has 2 aliphatic heterocycles. The van der Waals surface area contributed by atoms with Crippen LogP contribution in [0.15, 0.2) is 12.3 Å². The summed E-state index contributed by atoms with van der Waals surface area (Å²) in [5.41, 5.74) is 0. The number of carbonyl (C=O) groups is 2. The molecule has 3 heterocycles. The molecule has 0 aliphatic carbocycles. The Kier molecular flexibility index (Phi) is 6.84. The third-order valence-corrected chi connectivity index (χ3v) is 5.10. The van der Waals surface area contributed by atoms with Crippen LogP contribution in [0.1, 0.15) is 52.0 Å². The van der Waals surface area contributed by atoms with Gasteiger partial charge in [0.25, 0.3) is 0 Å². The number of hydroxylamine groups is 2. The van der Waals surface area contributed by atoms with E-state index in [1.54, 1.807) is 6.20 Å². The Bertz CT molecular complexity index is 631. The molecule has 8 nitrogen and oxygen atoms in total. The molecule has 8 heteroatoms. The fourth-order valence-electron chi connectivity index (χ4n) is 3.68. The van der Waals surface area contributed by atoms with Crippen LogP contribution in [-0.4, -0.2) is 64.3 Å². The molecule has 0 aromatic carbocycles. The van der Waals surface area contributed by atoms with Crippen molar-refractivity contribution >= 4 is 17.6 Å². The van der Waals surface area contributed by atoms with E-state index in [-0.39, 0.29) is 17.9 Å². The average molecular weight is 377 g/mol. The highest BCUT2D eigenvalue weighted by molar-refractivity contribution is 5.89. The summed E-state index contributed by atoms with van der Waals surface area (Å²) in [6.45, 7) is 7.86. The maximum atomic E-state index is 12.4. The Labute approximate surface area is 160 Å². The second-order valence-electron chi connectivity index (χ2n) is 7.78. The molecule has 1 aromatic rings. The molecule has 0 bridgehead atoms. The second-order valence-corrected chi connectivity index (χ2v) is 7.78. The summed E-state index contributed by atoms with van der Waals surface area (Å²) in [6, 6.07) is 2.05. The molecule has 0 saturated carbocycles. The number of nitrogens with one attached hydrogen (secondary N) is 1. The number of hydrogen-bond donors (Lipinski definition) is 1. The van der Waals surface area contributed by atoms with Gasteiger partial charge in [0.15, 0.2) is 0 Å². The molecule has 0 radical (unpaired) electrons. The Balaban J connectivity index is 1.47. The molecule has 2 fully saturated rings. The predicted octanol–water partition coefficient (Wildman–Crippen LogP) is 2.06. The molecular formula is C19H31N5O3. The van der Waals surface area contributed by atoms with E-state index in [2.05, 4.69) is 10.4 Å². The first-order chi connectivity index (χ1) is 13.0. The standard InChI is InChI=1S/C19H31N5O3/c1-15(2)14-18(25)21-17-4-8-20-24(17)16-5-10-22(11-6-16)19(26)7-12-23-9-3-13-27-23/h4,8,15-16H,3,5-7,9-14H2,1-2H3,(H,21,25). The molecule has 0 unspecified atom stereocenters. The van der Waals surface area contributed by atoms with Gasteiger partial charge in [0.05, 0.1) is 18.8 Å². The van der Waals surface area contributed by atoms with E-state index in [4.69, 9.17) is 4.84 Å². The zero-order valence-electron chi connectivity index (χ0n) is 16.4. The summed E-state index contributed by atoms with van der Waals surface area (Å²) in [6.07, 6.45) is 5.46. The van der Waals surface area contributed by atoms with Crippen molar-refractivity contribution in [2.45, 2.75) is 52.0 Å². The highest BCUT2D eigenvalue weighted by Crippen LogP contribution is 2.26. The number of hydrogen-bond acceptors (Lipinski definition) is 5. The van der Waals surface area contributed by atoms with Gasteiger partial charge in [-0.05, 0) is 25.2 Å². The van der Waals surface area contributed by atoms with E-state index in [0.29, 0.717) is 25.3 Å².